The molecule has 0 unspecified atom stereocenters. The van der Waals surface area contributed by atoms with Gasteiger partial charge in [-0.3, -0.25) is 0 Å². The molecular weight excluding hydrogens is 194 g/mol. The maximum atomic E-state index is 2.36. The molecule has 1 saturated heterocycles. The predicted molar refractivity (Wildman–Crippen MR) is 69.1 cm³/mol. The predicted octanol–water partition coefficient (Wildman–Crippen LogP) is 3.60. The Hall–Kier alpha value is -0.820. The van der Waals surface area contributed by atoms with E-state index in [9.17, 15) is 0 Å². The summed E-state index contributed by atoms with van der Waals surface area (Å²) >= 11 is 0. The third kappa shape index (κ3) is 2.85. The zero-order valence-corrected chi connectivity index (χ0v) is 10.5. The van der Waals surface area contributed by atoms with Crippen LogP contribution in [0.5, 0.6) is 0 Å². The molecule has 1 aromatic carbocycles. The first-order chi connectivity index (χ1) is 7.85. The van der Waals surface area contributed by atoms with Crippen LogP contribution in [-0.4, -0.2) is 24.1 Å². The molecule has 0 N–H and O–H groups in total. The molecule has 0 spiro atoms. The van der Waals surface area contributed by atoms with Crippen molar-refractivity contribution in [1.29, 1.82) is 0 Å². The molecule has 0 bridgehead atoms. The monoisotopic (exact) mass is 218 g/mol. The van der Waals surface area contributed by atoms with Crippen molar-refractivity contribution in [2.45, 2.75) is 39.2 Å². The van der Waals surface area contributed by atoms with E-state index in [0.717, 1.165) is 0 Å². The summed E-state index contributed by atoms with van der Waals surface area (Å²) in [5.41, 5.74) is 1.51. The van der Waals surface area contributed by atoms with E-state index >= 15 is 0 Å². The van der Waals surface area contributed by atoms with Crippen molar-refractivity contribution in [2.24, 2.45) is 0 Å². The highest BCUT2D eigenvalue weighted by atomic mass is 15.3. The van der Waals surface area contributed by atoms with Crippen LogP contribution in [0.2, 0.25) is 0 Å². The minimum Gasteiger partial charge on any atom is -0.320 e. The highest BCUT2D eigenvalue weighted by Gasteiger charge is 2.26. The topological polar surface area (TPSA) is 0 Å². The SMILES string of the molecule is CC[N+]1(Cc2ccccc2)CCCCCC1. The van der Waals surface area contributed by atoms with Crippen molar-refractivity contribution in [3.05, 3.63) is 35.9 Å². The van der Waals surface area contributed by atoms with Gasteiger partial charge in [-0.1, -0.05) is 30.3 Å². The average Bonchev–Trinajstić information content (AvgIpc) is 2.57. The van der Waals surface area contributed by atoms with Gasteiger partial charge in [0, 0.05) is 5.56 Å². The molecule has 16 heavy (non-hydrogen) atoms. The van der Waals surface area contributed by atoms with Gasteiger partial charge in [0.2, 0.25) is 0 Å². The Morgan fingerprint density at radius 2 is 1.56 bits per heavy atom. The van der Waals surface area contributed by atoms with Crippen molar-refractivity contribution >= 4 is 0 Å². The first-order valence-electron chi connectivity index (χ1n) is 6.74. The van der Waals surface area contributed by atoms with E-state index in [-0.39, 0.29) is 0 Å². The molecule has 0 amide bonds. The highest BCUT2D eigenvalue weighted by molar-refractivity contribution is 5.13. The maximum absolute atomic E-state index is 2.36. The summed E-state index contributed by atoms with van der Waals surface area (Å²) in [5.74, 6) is 0. The molecule has 2 rings (SSSR count). The summed E-state index contributed by atoms with van der Waals surface area (Å²) in [7, 11) is 0. The van der Waals surface area contributed by atoms with Crippen molar-refractivity contribution in [2.75, 3.05) is 19.6 Å². The Bertz CT molecular complexity index is 296. The van der Waals surface area contributed by atoms with Crippen molar-refractivity contribution in [3.63, 3.8) is 0 Å². The number of likely N-dealkylation sites (tertiary alicyclic amines) is 1. The van der Waals surface area contributed by atoms with Gasteiger partial charge in [0.25, 0.3) is 0 Å². The van der Waals surface area contributed by atoms with Gasteiger partial charge in [-0.15, -0.1) is 0 Å². The standard InChI is InChI=1S/C15H24N/c1-2-16(12-8-3-4-9-13-16)14-15-10-6-5-7-11-15/h5-7,10-11H,2-4,8-9,12-14H2,1H3/q+1. The summed E-state index contributed by atoms with van der Waals surface area (Å²) in [6.07, 6.45) is 5.71. The highest BCUT2D eigenvalue weighted by Crippen LogP contribution is 2.21. The van der Waals surface area contributed by atoms with Crippen LogP contribution >= 0.6 is 0 Å². The zero-order chi connectivity index (χ0) is 11.3. The quantitative estimate of drug-likeness (QED) is 0.680. The molecule has 0 radical (unpaired) electrons. The lowest BCUT2D eigenvalue weighted by atomic mass is 10.1. The van der Waals surface area contributed by atoms with Crippen LogP contribution < -0.4 is 0 Å². The molecule has 88 valence electrons. The fourth-order valence-electron chi connectivity index (χ4n) is 2.92. The zero-order valence-electron chi connectivity index (χ0n) is 10.5. The van der Waals surface area contributed by atoms with Gasteiger partial charge in [-0.05, 0) is 32.6 Å². The molecule has 1 aromatic rings. The number of benzene rings is 1. The lowest BCUT2D eigenvalue weighted by Gasteiger charge is -2.37. The first-order valence-corrected chi connectivity index (χ1v) is 6.74. The first kappa shape index (κ1) is 11.7. The number of quaternary nitrogens is 1. The number of hydrogen-bond donors (Lipinski definition) is 0. The van der Waals surface area contributed by atoms with Crippen molar-refractivity contribution in [1.82, 2.24) is 0 Å². The van der Waals surface area contributed by atoms with Gasteiger partial charge in [0.1, 0.15) is 6.54 Å². The van der Waals surface area contributed by atoms with Crippen molar-refractivity contribution in [3.8, 4) is 0 Å². The summed E-state index contributed by atoms with van der Waals surface area (Å²) in [6, 6.07) is 11.0. The number of rotatable bonds is 3. The third-order valence-electron chi connectivity index (χ3n) is 4.05. The molecule has 1 aliphatic rings. The minimum atomic E-state index is 1.23. The van der Waals surface area contributed by atoms with Gasteiger partial charge >= 0.3 is 0 Å². The summed E-state index contributed by atoms with van der Waals surface area (Å²) < 4.78 is 1.31. The van der Waals surface area contributed by atoms with Crippen LogP contribution in [0.25, 0.3) is 0 Å². The van der Waals surface area contributed by atoms with Crippen LogP contribution in [0.15, 0.2) is 30.3 Å². The van der Waals surface area contributed by atoms with Crippen LogP contribution in [0.1, 0.15) is 38.2 Å². The molecule has 1 fully saturated rings. The Kier molecular flexibility index (Phi) is 4.00. The molecule has 1 aliphatic heterocycles. The second kappa shape index (κ2) is 5.49. The minimum absolute atomic E-state index is 1.23. The Morgan fingerprint density at radius 1 is 0.938 bits per heavy atom. The fraction of sp³-hybridized carbons (Fsp3) is 0.600. The van der Waals surface area contributed by atoms with E-state index in [0.29, 0.717) is 0 Å². The molecular formula is C15H24N+. The van der Waals surface area contributed by atoms with Crippen LogP contribution in [0.4, 0.5) is 0 Å². The summed E-state index contributed by atoms with van der Waals surface area (Å²) in [5, 5.41) is 0. The van der Waals surface area contributed by atoms with Crippen molar-refractivity contribution < 1.29 is 4.48 Å². The molecule has 0 saturated carbocycles. The summed E-state index contributed by atoms with van der Waals surface area (Å²) in [4.78, 5) is 0. The molecule has 0 atom stereocenters. The van der Waals surface area contributed by atoms with E-state index in [1.807, 2.05) is 0 Å². The Morgan fingerprint density at radius 3 is 2.12 bits per heavy atom. The molecule has 1 heterocycles. The van der Waals surface area contributed by atoms with Gasteiger partial charge < -0.3 is 4.48 Å². The molecule has 0 aliphatic carbocycles. The Labute approximate surface area is 99.7 Å². The Balaban J connectivity index is 2.08. The van der Waals surface area contributed by atoms with E-state index in [2.05, 4.69) is 37.3 Å². The van der Waals surface area contributed by atoms with Gasteiger partial charge in [-0.2, -0.15) is 0 Å². The lowest BCUT2D eigenvalue weighted by Crippen LogP contribution is -2.47. The van der Waals surface area contributed by atoms with E-state index in [1.165, 1.54) is 61.9 Å². The normalized spacial score (nSPS) is 20.3. The fourth-order valence-corrected chi connectivity index (χ4v) is 2.92. The van der Waals surface area contributed by atoms with E-state index < -0.39 is 0 Å². The smallest absolute Gasteiger partial charge is 0.104 e. The number of nitrogens with zero attached hydrogens (tertiary/aromatic N) is 1. The van der Waals surface area contributed by atoms with Crippen LogP contribution in [-0.2, 0) is 6.54 Å². The van der Waals surface area contributed by atoms with E-state index in [4.69, 9.17) is 0 Å². The summed E-state index contributed by atoms with van der Waals surface area (Å²) in [6.45, 7) is 7.64. The second-order valence-corrected chi connectivity index (χ2v) is 5.16. The average molecular weight is 218 g/mol. The third-order valence-corrected chi connectivity index (χ3v) is 4.05. The lowest BCUT2D eigenvalue weighted by molar-refractivity contribution is -0.938. The van der Waals surface area contributed by atoms with Gasteiger partial charge in [0.05, 0.1) is 19.6 Å². The van der Waals surface area contributed by atoms with Gasteiger partial charge in [-0.25, -0.2) is 0 Å². The van der Waals surface area contributed by atoms with Crippen LogP contribution in [0.3, 0.4) is 0 Å². The molecule has 1 nitrogen and oxygen atoms in total. The largest absolute Gasteiger partial charge is 0.320 e. The van der Waals surface area contributed by atoms with Crippen LogP contribution in [0, 0.1) is 0 Å². The number of hydrogen-bond acceptors (Lipinski definition) is 0. The van der Waals surface area contributed by atoms with E-state index in [1.54, 1.807) is 0 Å². The van der Waals surface area contributed by atoms with Gasteiger partial charge in [0.15, 0.2) is 0 Å². The maximum Gasteiger partial charge on any atom is 0.104 e. The second-order valence-electron chi connectivity index (χ2n) is 5.16. The molecule has 0 aromatic heterocycles. The molecule has 1 heteroatoms.